The van der Waals surface area contributed by atoms with E-state index in [0.717, 1.165) is 22.2 Å². The number of anilines is 1. The fourth-order valence-corrected chi connectivity index (χ4v) is 4.29. The molecule has 0 saturated heterocycles. The summed E-state index contributed by atoms with van der Waals surface area (Å²) in [6.07, 6.45) is 0.399. The van der Waals surface area contributed by atoms with Gasteiger partial charge in [0.15, 0.2) is 0 Å². The van der Waals surface area contributed by atoms with Crippen LogP contribution in [0.25, 0.3) is 11.0 Å². The number of carbonyl (C=O) groups excluding carboxylic acids is 2. The summed E-state index contributed by atoms with van der Waals surface area (Å²) in [7, 11) is 0. The van der Waals surface area contributed by atoms with Crippen LogP contribution in [0.4, 0.5) is 10.7 Å². The number of benzene rings is 3. The number of aryl methyl sites for hydroxylation is 1. The monoisotopic (exact) mass is 453 g/mol. The van der Waals surface area contributed by atoms with Crippen LogP contribution in [-0.2, 0) is 24.3 Å². The lowest BCUT2D eigenvalue weighted by molar-refractivity contribution is -0.123. The minimum atomic E-state index is -0.709. The Bertz CT molecular complexity index is 1310. The SMILES string of the molecule is Cc1ccc(CNC(=O)[C@H](Cc2ccccc2)NC(=O)N2CCn3c2nc2ccccc23)cc1. The molecule has 1 aliphatic rings. The zero-order valence-electron chi connectivity index (χ0n) is 19.1. The quantitative estimate of drug-likeness (QED) is 0.466. The number of fused-ring (bicyclic) bond motifs is 3. The molecule has 0 radical (unpaired) electrons. The Morgan fingerprint density at radius 2 is 1.65 bits per heavy atom. The van der Waals surface area contributed by atoms with Crippen LogP contribution >= 0.6 is 0 Å². The van der Waals surface area contributed by atoms with E-state index in [9.17, 15) is 9.59 Å². The molecule has 172 valence electrons. The molecule has 0 bridgehead atoms. The van der Waals surface area contributed by atoms with Gasteiger partial charge in [-0.3, -0.25) is 9.69 Å². The Balaban J connectivity index is 1.32. The zero-order valence-corrected chi connectivity index (χ0v) is 19.1. The lowest BCUT2D eigenvalue weighted by Gasteiger charge is -2.22. The van der Waals surface area contributed by atoms with Crippen LogP contribution < -0.4 is 15.5 Å². The van der Waals surface area contributed by atoms with Gasteiger partial charge in [-0.25, -0.2) is 9.78 Å². The smallest absolute Gasteiger partial charge is 0.324 e. The van der Waals surface area contributed by atoms with Crippen molar-refractivity contribution in [2.75, 3.05) is 11.4 Å². The highest BCUT2D eigenvalue weighted by atomic mass is 16.2. The third-order valence-electron chi connectivity index (χ3n) is 6.15. The summed E-state index contributed by atoms with van der Waals surface area (Å²) in [6, 6.07) is 24.6. The first-order valence-electron chi connectivity index (χ1n) is 11.5. The number of hydrogen-bond acceptors (Lipinski definition) is 3. The molecular weight excluding hydrogens is 426 g/mol. The van der Waals surface area contributed by atoms with Gasteiger partial charge >= 0.3 is 6.03 Å². The van der Waals surface area contributed by atoms with E-state index >= 15 is 0 Å². The second-order valence-corrected chi connectivity index (χ2v) is 8.60. The molecule has 0 fully saturated rings. The van der Waals surface area contributed by atoms with E-state index in [2.05, 4.69) is 15.6 Å². The lowest BCUT2D eigenvalue weighted by atomic mass is 10.1. The van der Waals surface area contributed by atoms with Gasteiger partial charge in [0.1, 0.15) is 6.04 Å². The molecule has 0 unspecified atom stereocenters. The van der Waals surface area contributed by atoms with Gasteiger partial charge in [-0.05, 0) is 30.2 Å². The maximum absolute atomic E-state index is 13.3. The van der Waals surface area contributed by atoms with E-state index in [0.29, 0.717) is 32.0 Å². The van der Waals surface area contributed by atoms with Crippen molar-refractivity contribution in [3.8, 4) is 0 Å². The van der Waals surface area contributed by atoms with Gasteiger partial charge in [0, 0.05) is 26.1 Å². The van der Waals surface area contributed by atoms with Crippen molar-refractivity contribution in [2.24, 2.45) is 0 Å². The van der Waals surface area contributed by atoms with E-state index in [1.807, 2.05) is 90.4 Å². The fourth-order valence-electron chi connectivity index (χ4n) is 4.29. The molecule has 0 spiro atoms. The van der Waals surface area contributed by atoms with E-state index in [1.54, 1.807) is 4.90 Å². The number of aromatic nitrogens is 2. The van der Waals surface area contributed by atoms with Gasteiger partial charge in [0.05, 0.1) is 11.0 Å². The molecule has 34 heavy (non-hydrogen) atoms. The van der Waals surface area contributed by atoms with Crippen molar-refractivity contribution >= 4 is 28.9 Å². The average molecular weight is 454 g/mol. The Hall–Kier alpha value is -4.13. The molecule has 0 aliphatic carbocycles. The van der Waals surface area contributed by atoms with Crippen molar-refractivity contribution < 1.29 is 9.59 Å². The third kappa shape index (κ3) is 4.50. The van der Waals surface area contributed by atoms with Crippen molar-refractivity contribution in [2.45, 2.75) is 32.5 Å². The van der Waals surface area contributed by atoms with Gasteiger partial charge in [-0.1, -0.05) is 72.3 Å². The summed E-state index contributed by atoms with van der Waals surface area (Å²) in [6.45, 7) is 3.62. The van der Waals surface area contributed by atoms with Crippen molar-refractivity contribution in [3.05, 3.63) is 95.6 Å². The number of nitrogens with zero attached hydrogens (tertiary/aromatic N) is 3. The molecule has 1 aliphatic heterocycles. The normalized spacial score (nSPS) is 13.5. The van der Waals surface area contributed by atoms with Crippen LogP contribution in [0.1, 0.15) is 16.7 Å². The first kappa shape index (κ1) is 21.7. The molecule has 1 atom stereocenters. The molecule has 5 rings (SSSR count). The molecule has 4 aromatic rings. The predicted octanol–water partition coefficient (Wildman–Crippen LogP) is 3.80. The highest BCUT2D eigenvalue weighted by molar-refractivity contribution is 5.96. The first-order valence-corrected chi connectivity index (χ1v) is 11.5. The van der Waals surface area contributed by atoms with E-state index in [4.69, 9.17) is 0 Å². The van der Waals surface area contributed by atoms with Crippen molar-refractivity contribution in [1.29, 1.82) is 0 Å². The van der Waals surface area contributed by atoms with Crippen molar-refractivity contribution in [3.63, 3.8) is 0 Å². The molecule has 2 heterocycles. The molecular formula is C27H27N5O2. The van der Waals surface area contributed by atoms with Gasteiger partial charge in [0.2, 0.25) is 11.9 Å². The van der Waals surface area contributed by atoms with Crippen LogP contribution in [0.3, 0.4) is 0 Å². The Kier molecular flexibility index (Phi) is 5.99. The molecule has 7 heteroatoms. The topological polar surface area (TPSA) is 79.3 Å². The molecule has 2 N–H and O–H groups in total. The van der Waals surface area contributed by atoms with Crippen molar-refractivity contribution in [1.82, 2.24) is 20.2 Å². The van der Waals surface area contributed by atoms with Crippen LogP contribution in [0.15, 0.2) is 78.9 Å². The number of urea groups is 1. The number of amides is 3. The summed E-state index contributed by atoms with van der Waals surface area (Å²) in [4.78, 5) is 32.7. The number of para-hydroxylation sites is 2. The summed E-state index contributed by atoms with van der Waals surface area (Å²) in [5.74, 6) is 0.391. The zero-order chi connectivity index (χ0) is 23.5. The van der Waals surface area contributed by atoms with Crippen LogP contribution in [0, 0.1) is 6.92 Å². The minimum absolute atomic E-state index is 0.217. The number of nitrogens with one attached hydrogen (secondary N) is 2. The minimum Gasteiger partial charge on any atom is -0.350 e. The number of hydrogen-bond donors (Lipinski definition) is 2. The standard InChI is InChI=1S/C27H27N5O2/c1-19-11-13-21(14-12-19)18-28-25(33)23(17-20-7-3-2-4-8-20)30-27(34)32-16-15-31-24-10-6-5-9-22(24)29-26(31)32/h2-14,23H,15-18H2,1H3,(H,28,33)(H,30,34)/t23-/m0/s1. The van der Waals surface area contributed by atoms with Gasteiger partial charge in [0.25, 0.3) is 0 Å². The Morgan fingerprint density at radius 1 is 0.912 bits per heavy atom. The molecule has 3 amide bonds. The van der Waals surface area contributed by atoms with Crippen LogP contribution in [0.2, 0.25) is 0 Å². The summed E-state index contributed by atoms with van der Waals surface area (Å²) >= 11 is 0. The average Bonchev–Trinajstić information content (AvgIpc) is 3.43. The van der Waals surface area contributed by atoms with E-state index in [1.165, 1.54) is 5.56 Å². The Labute approximate surface area is 198 Å². The highest BCUT2D eigenvalue weighted by Crippen LogP contribution is 2.27. The number of imidazole rings is 1. The number of carbonyl (C=O) groups is 2. The van der Waals surface area contributed by atoms with Gasteiger partial charge in [-0.2, -0.15) is 0 Å². The molecule has 3 aromatic carbocycles. The lowest BCUT2D eigenvalue weighted by Crippen LogP contribution is -2.52. The molecule has 0 saturated carbocycles. The first-order chi connectivity index (χ1) is 16.6. The maximum Gasteiger partial charge on any atom is 0.324 e. The fraction of sp³-hybridized carbons (Fsp3) is 0.222. The van der Waals surface area contributed by atoms with E-state index < -0.39 is 6.04 Å². The summed E-state index contributed by atoms with van der Waals surface area (Å²) in [5.41, 5.74) is 5.01. The van der Waals surface area contributed by atoms with Gasteiger partial charge < -0.3 is 15.2 Å². The summed E-state index contributed by atoms with van der Waals surface area (Å²) in [5, 5.41) is 5.94. The van der Waals surface area contributed by atoms with Crippen LogP contribution in [-0.4, -0.2) is 34.1 Å². The molecule has 7 nitrogen and oxygen atoms in total. The third-order valence-corrected chi connectivity index (χ3v) is 6.15. The highest BCUT2D eigenvalue weighted by Gasteiger charge is 2.31. The Morgan fingerprint density at radius 3 is 2.44 bits per heavy atom. The van der Waals surface area contributed by atoms with E-state index in [-0.39, 0.29) is 11.9 Å². The predicted molar refractivity (Wildman–Crippen MR) is 133 cm³/mol. The maximum atomic E-state index is 13.3. The second-order valence-electron chi connectivity index (χ2n) is 8.60. The summed E-state index contributed by atoms with van der Waals surface area (Å²) < 4.78 is 2.04. The second kappa shape index (κ2) is 9.39. The number of rotatable bonds is 6. The van der Waals surface area contributed by atoms with Gasteiger partial charge in [-0.15, -0.1) is 0 Å². The molecule has 1 aromatic heterocycles. The largest absolute Gasteiger partial charge is 0.350 e. The van der Waals surface area contributed by atoms with Crippen LogP contribution in [0.5, 0.6) is 0 Å².